The molecule has 0 aliphatic heterocycles. The monoisotopic (exact) mass is 358 g/mol. The van der Waals surface area contributed by atoms with Crippen molar-refractivity contribution in [1.29, 1.82) is 0 Å². The van der Waals surface area contributed by atoms with Crippen molar-refractivity contribution in [1.82, 2.24) is 0 Å². The molecule has 0 aliphatic carbocycles. The Labute approximate surface area is 96.7 Å². The summed E-state index contributed by atoms with van der Waals surface area (Å²) in [5.41, 5.74) is 0. The van der Waals surface area contributed by atoms with Crippen LogP contribution >= 0.6 is 38.5 Å². The van der Waals surface area contributed by atoms with E-state index in [1.54, 1.807) is 0 Å². The molecule has 2 atom stereocenters. The lowest BCUT2D eigenvalue weighted by atomic mass is 10.4. The van der Waals surface area contributed by atoms with Gasteiger partial charge in [-0.3, -0.25) is 4.21 Å². The van der Waals surface area contributed by atoms with Crippen LogP contribution in [0.2, 0.25) is 0 Å². The zero-order chi connectivity index (χ0) is 8.97. The fraction of sp³-hybridized carbons (Fsp3) is 0.250. The highest BCUT2D eigenvalue weighted by Gasteiger charge is 2.12. The largest absolute Gasteiger partial charge is 0.253 e. The summed E-state index contributed by atoms with van der Waals surface area (Å²) in [6.45, 7) is 0. The van der Waals surface area contributed by atoms with E-state index < -0.39 is 10.8 Å². The fourth-order valence-electron chi connectivity index (χ4n) is 0.759. The van der Waals surface area contributed by atoms with Crippen LogP contribution in [0.4, 0.5) is 0 Å². The third-order valence-corrected chi connectivity index (χ3v) is 6.73. The first-order valence-corrected chi connectivity index (χ1v) is 7.07. The van der Waals surface area contributed by atoms with Gasteiger partial charge in [0.1, 0.15) is 4.16 Å². The first-order valence-electron chi connectivity index (χ1n) is 3.41. The Morgan fingerprint density at radius 3 is 2.50 bits per heavy atom. The van der Waals surface area contributed by atoms with Gasteiger partial charge in [0.25, 0.3) is 0 Å². The van der Waals surface area contributed by atoms with Gasteiger partial charge >= 0.3 is 0 Å². The maximum absolute atomic E-state index is 11.6. The van der Waals surface area contributed by atoms with Gasteiger partial charge in [0.05, 0.1) is 10.8 Å². The fourth-order valence-corrected chi connectivity index (χ4v) is 3.22. The van der Waals surface area contributed by atoms with Crippen LogP contribution in [0, 0.1) is 0 Å². The van der Waals surface area contributed by atoms with Crippen LogP contribution in [0.5, 0.6) is 0 Å². The second-order valence-electron chi connectivity index (χ2n) is 2.17. The van der Waals surface area contributed by atoms with Crippen molar-refractivity contribution in [2.24, 2.45) is 0 Å². The highest BCUT2D eigenvalue weighted by molar-refractivity contribution is 14.1. The lowest BCUT2D eigenvalue weighted by Crippen LogP contribution is -2.08. The summed E-state index contributed by atoms with van der Waals surface area (Å²) in [5, 5.41) is 0. The van der Waals surface area contributed by atoms with E-state index in [4.69, 9.17) is 0 Å². The third kappa shape index (κ3) is 2.81. The Kier molecular flexibility index (Phi) is 4.74. The molecule has 1 aromatic rings. The molecule has 0 heterocycles. The van der Waals surface area contributed by atoms with Crippen LogP contribution in [-0.4, -0.2) is 12.8 Å². The smallest absolute Gasteiger partial charge is 0.103 e. The van der Waals surface area contributed by atoms with Gasteiger partial charge in [0.15, 0.2) is 0 Å². The highest BCUT2D eigenvalue weighted by Crippen LogP contribution is 2.16. The van der Waals surface area contributed by atoms with Gasteiger partial charge in [-0.05, 0) is 12.1 Å². The van der Waals surface area contributed by atoms with E-state index in [1.807, 2.05) is 30.3 Å². The van der Waals surface area contributed by atoms with Gasteiger partial charge in [0, 0.05) is 9.32 Å². The minimum absolute atomic E-state index is 0.0560. The molecule has 1 rings (SSSR count). The topological polar surface area (TPSA) is 17.1 Å². The predicted molar refractivity (Wildman–Crippen MR) is 64.5 cm³/mol. The molecule has 2 unspecified atom stereocenters. The molecule has 0 saturated carbocycles. The molecule has 0 aromatic heterocycles. The molecule has 0 spiro atoms. The second kappa shape index (κ2) is 5.34. The van der Waals surface area contributed by atoms with Crippen molar-refractivity contribution in [2.45, 2.75) is 9.05 Å². The molecule has 1 nitrogen and oxygen atoms in total. The molecule has 0 saturated heterocycles. The average molecular weight is 359 g/mol. The molecule has 4 heteroatoms. The normalized spacial score (nSPS) is 15.5. The van der Waals surface area contributed by atoms with Crippen LogP contribution < -0.4 is 0 Å². The molecule has 0 bridgehead atoms. The summed E-state index contributed by atoms with van der Waals surface area (Å²) in [5.74, 6) is 0. The van der Waals surface area contributed by atoms with Crippen LogP contribution in [0.1, 0.15) is 0 Å². The van der Waals surface area contributed by atoms with E-state index in [0.717, 1.165) is 9.32 Å². The molecule has 12 heavy (non-hydrogen) atoms. The van der Waals surface area contributed by atoms with Crippen molar-refractivity contribution in [3.8, 4) is 0 Å². The SMILES string of the molecule is O=S(c1ccccc1)C(Br)CI. The molecule has 1 aromatic carbocycles. The maximum atomic E-state index is 11.6. The first kappa shape index (κ1) is 10.7. The Morgan fingerprint density at radius 2 is 2.00 bits per heavy atom. The molecular weight excluding hydrogens is 351 g/mol. The summed E-state index contributed by atoms with van der Waals surface area (Å²) in [6.07, 6.45) is 0. The quantitative estimate of drug-likeness (QED) is 0.599. The highest BCUT2D eigenvalue weighted by atomic mass is 127. The van der Waals surface area contributed by atoms with Gasteiger partial charge in [-0.2, -0.15) is 0 Å². The van der Waals surface area contributed by atoms with Gasteiger partial charge in [0.2, 0.25) is 0 Å². The van der Waals surface area contributed by atoms with Crippen molar-refractivity contribution in [3.63, 3.8) is 0 Å². The van der Waals surface area contributed by atoms with Gasteiger partial charge in [-0.25, -0.2) is 0 Å². The van der Waals surface area contributed by atoms with Crippen LogP contribution in [-0.2, 0) is 10.8 Å². The van der Waals surface area contributed by atoms with E-state index >= 15 is 0 Å². The molecule has 0 amide bonds. The zero-order valence-electron chi connectivity index (χ0n) is 6.24. The molecule has 0 radical (unpaired) electrons. The van der Waals surface area contributed by atoms with E-state index in [2.05, 4.69) is 38.5 Å². The molecule has 0 N–H and O–H groups in total. The van der Waals surface area contributed by atoms with Crippen molar-refractivity contribution in [2.75, 3.05) is 4.43 Å². The Hall–Kier alpha value is 0.580. The number of hydrogen-bond donors (Lipinski definition) is 0. The van der Waals surface area contributed by atoms with Gasteiger partial charge in [-0.15, -0.1) is 0 Å². The van der Waals surface area contributed by atoms with Gasteiger partial charge < -0.3 is 0 Å². The molecule has 66 valence electrons. The Bertz CT molecular complexity index is 265. The van der Waals surface area contributed by atoms with Crippen LogP contribution in [0.15, 0.2) is 35.2 Å². The molecule has 0 aliphatic rings. The third-order valence-electron chi connectivity index (χ3n) is 1.33. The zero-order valence-corrected chi connectivity index (χ0v) is 10.8. The van der Waals surface area contributed by atoms with E-state index in [9.17, 15) is 4.21 Å². The maximum Gasteiger partial charge on any atom is 0.103 e. The van der Waals surface area contributed by atoms with E-state index in [-0.39, 0.29) is 4.16 Å². The first-order chi connectivity index (χ1) is 5.75. The minimum atomic E-state index is -0.919. The van der Waals surface area contributed by atoms with Crippen molar-refractivity contribution >= 4 is 49.3 Å². The number of halogens is 2. The Balaban J connectivity index is 2.79. The summed E-state index contributed by atoms with van der Waals surface area (Å²) in [7, 11) is -0.919. The number of benzene rings is 1. The summed E-state index contributed by atoms with van der Waals surface area (Å²) >= 11 is 5.59. The van der Waals surface area contributed by atoms with Gasteiger partial charge in [-0.1, -0.05) is 56.7 Å². The lowest BCUT2D eigenvalue weighted by molar-refractivity contribution is 0.683. The Morgan fingerprint density at radius 1 is 1.42 bits per heavy atom. The van der Waals surface area contributed by atoms with E-state index in [0.29, 0.717) is 0 Å². The number of rotatable bonds is 3. The minimum Gasteiger partial charge on any atom is -0.253 e. The van der Waals surface area contributed by atoms with E-state index in [1.165, 1.54) is 0 Å². The van der Waals surface area contributed by atoms with Crippen molar-refractivity contribution < 1.29 is 4.21 Å². The number of hydrogen-bond acceptors (Lipinski definition) is 1. The summed E-state index contributed by atoms with van der Waals surface area (Å²) < 4.78 is 12.5. The average Bonchev–Trinajstić information content (AvgIpc) is 2.17. The predicted octanol–water partition coefficient (Wildman–Crippen LogP) is 2.95. The molecular formula is C8H8BrIOS. The standard InChI is InChI=1S/C8H8BrIOS/c9-8(6-10)12(11)7-4-2-1-3-5-7/h1-5,8H,6H2. The number of alkyl halides is 2. The lowest BCUT2D eigenvalue weighted by Gasteiger charge is -2.05. The second-order valence-corrected chi connectivity index (χ2v) is 6.40. The van der Waals surface area contributed by atoms with Crippen LogP contribution in [0.25, 0.3) is 0 Å². The summed E-state index contributed by atoms with van der Waals surface area (Å²) in [6, 6.07) is 9.50. The van der Waals surface area contributed by atoms with Crippen molar-refractivity contribution in [3.05, 3.63) is 30.3 Å². The van der Waals surface area contributed by atoms with Crippen LogP contribution in [0.3, 0.4) is 0 Å². The summed E-state index contributed by atoms with van der Waals surface area (Å²) in [4.78, 5) is 0.885. The molecule has 0 fully saturated rings.